The van der Waals surface area contributed by atoms with Gasteiger partial charge < -0.3 is 9.84 Å². The molecule has 5 nitrogen and oxygen atoms in total. The molecule has 1 amide bonds. The van der Waals surface area contributed by atoms with Gasteiger partial charge in [0.05, 0.1) is 17.7 Å². The summed E-state index contributed by atoms with van der Waals surface area (Å²) in [7, 11) is 1.56. The van der Waals surface area contributed by atoms with Crippen molar-refractivity contribution >= 4 is 23.0 Å². The summed E-state index contributed by atoms with van der Waals surface area (Å²) in [4.78, 5) is 14.4. The standard InChI is InChI=1S/C19H22N2O3S/c1-12(15-11-14(24-2)8-9-16(15)22)20-21-19(23)18-10-13-6-4-3-5-7-17(13)25-18/h8-11,22H,3-7H2,1-2H3,(H,21,23)/b20-12+. The molecule has 0 fully saturated rings. The minimum atomic E-state index is -0.209. The summed E-state index contributed by atoms with van der Waals surface area (Å²) in [6.45, 7) is 1.73. The summed E-state index contributed by atoms with van der Waals surface area (Å²) < 4.78 is 5.16. The van der Waals surface area contributed by atoms with Crippen molar-refractivity contribution in [3.63, 3.8) is 0 Å². The molecule has 3 rings (SSSR count). The molecule has 0 unspecified atom stereocenters. The van der Waals surface area contributed by atoms with Crippen LogP contribution in [0.25, 0.3) is 0 Å². The molecule has 0 spiro atoms. The maximum Gasteiger partial charge on any atom is 0.281 e. The van der Waals surface area contributed by atoms with Crippen LogP contribution in [0.1, 0.15) is 51.9 Å². The van der Waals surface area contributed by atoms with Crippen LogP contribution in [0.2, 0.25) is 0 Å². The second-order valence-electron chi connectivity index (χ2n) is 6.14. The molecule has 1 aromatic carbocycles. The Bertz CT molecular complexity index is 787. The molecular formula is C19H22N2O3S. The number of ether oxygens (including phenoxy) is 1. The summed E-state index contributed by atoms with van der Waals surface area (Å²) in [6.07, 6.45) is 5.76. The predicted molar refractivity (Wildman–Crippen MR) is 99.9 cm³/mol. The number of hydrogen-bond donors (Lipinski definition) is 2. The lowest BCUT2D eigenvalue weighted by Crippen LogP contribution is -2.18. The fourth-order valence-corrected chi connectivity index (χ4v) is 4.10. The molecule has 0 radical (unpaired) electrons. The molecule has 2 aromatic rings. The van der Waals surface area contributed by atoms with E-state index in [-0.39, 0.29) is 11.7 Å². The first-order valence-corrected chi connectivity index (χ1v) is 9.23. The second kappa shape index (κ2) is 7.70. The van der Waals surface area contributed by atoms with Gasteiger partial charge in [0, 0.05) is 10.4 Å². The molecule has 1 aliphatic carbocycles. The van der Waals surface area contributed by atoms with Gasteiger partial charge in [-0.25, -0.2) is 5.43 Å². The normalized spacial score (nSPS) is 14.6. The molecule has 1 aromatic heterocycles. The third-order valence-electron chi connectivity index (χ3n) is 4.39. The molecular weight excluding hydrogens is 336 g/mol. The maximum absolute atomic E-state index is 12.4. The Morgan fingerprint density at radius 1 is 1.24 bits per heavy atom. The topological polar surface area (TPSA) is 70.9 Å². The molecule has 1 aliphatic rings. The Kier molecular flexibility index (Phi) is 5.38. The molecule has 132 valence electrons. The number of nitrogens with zero attached hydrogens (tertiary/aromatic N) is 1. The number of amides is 1. The van der Waals surface area contributed by atoms with E-state index in [9.17, 15) is 9.90 Å². The summed E-state index contributed by atoms with van der Waals surface area (Å²) in [5.41, 5.74) is 4.94. The van der Waals surface area contributed by atoms with Crippen LogP contribution in [-0.2, 0) is 12.8 Å². The SMILES string of the molecule is COc1ccc(O)c(/C(C)=N/NC(=O)c2cc3c(s2)CCCCC3)c1. The highest BCUT2D eigenvalue weighted by Crippen LogP contribution is 2.29. The van der Waals surface area contributed by atoms with Gasteiger partial charge in [-0.05, 0) is 62.4 Å². The van der Waals surface area contributed by atoms with Crippen LogP contribution in [0.3, 0.4) is 0 Å². The maximum atomic E-state index is 12.4. The van der Waals surface area contributed by atoms with Crippen molar-refractivity contribution in [1.29, 1.82) is 0 Å². The number of carbonyl (C=O) groups excluding carboxylic acids is 1. The number of rotatable bonds is 4. The zero-order chi connectivity index (χ0) is 17.8. The summed E-state index contributed by atoms with van der Waals surface area (Å²) in [6, 6.07) is 6.90. The Morgan fingerprint density at radius 3 is 2.84 bits per heavy atom. The van der Waals surface area contributed by atoms with Crippen LogP contribution < -0.4 is 10.2 Å². The number of hydrogen-bond acceptors (Lipinski definition) is 5. The molecule has 0 atom stereocenters. The number of methoxy groups -OCH3 is 1. The van der Waals surface area contributed by atoms with E-state index >= 15 is 0 Å². The molecule has 6 heteroatoms. The van der Waals surface area contributed by atoms with Gasteiger partial charge in [-0.2, -0.15) is 5.10 Å². The number of carbonyl (C=O) groups is 1. The highest BCUT2D eigenvalue weighted by molar-refractivity contribution is 7.14. The first-order chi connectivity index (χ1) is 12.1. The molecule has 2 N–H and O–H groups in total. The number of aryl methyl sites for hydroxylation is 2. The number of phenolic OH excluding ortho intramolecular Hbond substituents is 1. The zero-order valence-corrected chi connectivity index (χ0v) is 15.3. The van der Waals surface area contributed by atoms with E-state index in [0.29, 0.717) is 21.9 Å². The Hall–Kier alpha value is -2.34. The minimum Gasteiger partial charge on any atom is -0.507 e. The van der Waals surface area contributed by atoms with Crippen molar-refractivity contribution in [2.24, 2.45) is 5.10 Å². The van der Waals surface area contributed by atoms with Gasteiger partial charge in [0.25, 0.3) is 5.91 Å². The van der Waals surface area contributed by atoms with E-state index in [0.717, 1.165) is 12.8 Å². The highest BCUT2D eigenvalue weighted by Gasteiger charge is 2.16. The quantitative estimate of drug-likeness (QED) is 0.495. The van der Waals surface area contributed by atoms with Crippen LogP contribution in [0.4, 0.5) is 0 Å². The third kappa shape index (κ3) is 4.02. The molecule has 1 heterocycles. The first kappa shape index (κ1) is 17.5. The average molecular weight is 358 g/mol. The Labute approximate surface area is 151 Å². The highest BCUT2D eigenvalue weighted by atomic mass is 32.1. The van der Waals surface area contributed by atoms with Crippen molar-refractivity contribution in [3.8, 4) is 11.5 Å². The van der Waals surface area contributed by atoms with Crippen LogP contribution in [0.5, 0.6) is 11.5 Å². The molecule has 0 aliphatic heterocycles. The minimum absolute atomic E-state index is 0.0964. The number of fused-ring (bicyclic) bond motifs is 1. The lowest BCUT2D eigenvalue weighted by molar-refractivity contribution is 0.0959. The van der Waals surface area contributed by atoms with E-state index in [2.05, 4.69) is 10.5 Å². The van der Waals surface area contributed by atoms with Crippen molar-refractivity contribution in [3.05, 3.63) is 45.1 Å². The smallest absolute Gasteiger partial charge is 0.281 e. The number of benzene rings is 1. The van der Waals surface area contributed by atoms with Crippen LogP contribution in [0.15, 0.2) is 29.4 Å². The molecule has 0 saturated carbocycles. The molecule has 25 heavy (non-hydrogen) atoms. The van der Waals surface area contributed by atoms with Crippen LogP contribution in [0, 0.1) is 0 Å². The summed E-state index contributed by atoms with van der Waals surface area (Å²) >= 11 is 1.56. The first-order valence-electron chi connectivity index (χ1n) is 8.42. The van der Waals surface area contributed by atoms with Gasteiger partial charge in [0.15, 0.2) is 0 Å². The lowest BCUT2D eigenvalue weighted by atomic mass is 10.1. The van der Waals surface area contributed by atoms with Gasteiger partial charge in [0.2, 0.25) is 0 Å². The van der Waals surface area contributed by atoms with Gasteiger partial charge >= 0.3 is 0 Å². The second-order valence-corrected chi connectivity index (χ2v) is 7.28. The zero-order valence-electron chi connectivity index (χ0n) is 14.5. The van der Waals surface area contributed by atoms with Crippen molar-refractivity contribution in [2.75, 3.05) is 7.11 Å². The number of nitrogens with one attached hydrogen (secondary N) is 1. The van der Waals surface area contributed by atoms with Gasteiger partial charge in [0.1, 0.15) is 11.5 Å². The van der Waals surface area contributed by atoms with Gasteiger partial charge in [-0.15, -0.1) is 11.3 Å². The summed E-state index contributed by atoms with van der Waals surface area (Å²) in [5, 5.41) is 14.1. The van der Waals surface area contributed by atoms with E-state index in [1.165, 1.54) is 29.7 Å². The number of hydrazone groups is 1. The summed E-state index contributed by atoms with van der Waals surface area (Å²) in [5.74, 6) is 0.509. The Balaban J connectivity index is 1.74. The molecule has 0 saturated heterocycles. The van der Waals surface area contributed by atoms with Crippen molar-refractivity contribution in [1.82, 2.24) is 5.43 Å². The van der Waals surface area contributed by atoms with E-state index in [1.807, 2.05) is 6.07 Å². The van der Waals surface area contributed by atoms with E-state index < -0.39 is 0 Å². The van der Waals surface area contributed by atoms with Gasteiger partial charge in [-0.1, -0.05) is 6.42 Å². The largest absolute Gasteiger partial charge is 0.507 e. The Morgan fingerprint density at radius 2 is 2.04 bits per heavy atom. The monoisotopic (exact) mass is 358 g/mol. The van der Waals surface area contributed by atoms with E-state index in [4.69, 9.17) is 4.74 Å². The molecule has 0 bridgehead atoms. The van der Waals surface area contributed by atoms with Crippen LogP contribution in [-0.4, -0.2) is 23.8 Å². The predicted octanol–water partition coefficient (Wildman–Crippen LogP) is 3.89. The fourth-order valence-electron chi connectivity index (χ4n) is 2.96. The number of phenols is 1. The van der Waals surface area contributed by atoms with Crippen molar-refractivity contribution < 1.29 is 14.6 Å². The third-order valence-corrected chi connectivity index (χ3v) is 5.62. The number of thiophene rings is 1. The average Bonchev–Trinajstić information content (AvgIpc) is 2.90. The lowest BCUT2D eigenvalue weighted by Gasteiger charge is -2.07. The van der Waals surface area contributed by atoms with Crippen molar-refractivity contribution in [2.45, 2.75) is 39.0 Å². The van der Waals surface area contributed by atoms with Crippen LogP contribution >= 0.6 is 11.3 Å². The fraction of sp³-hybridized carbons (Fsp3) is 0.368. The number of aromatic hydroxyl groups is 1. The van der Waals surface area contributed by atoms with E-state index in [1.54, 1.807) is 43.6 Å². The van der Waals surface area contributed by atoms with Gasteiger partial charge in [-0.3, -0.25) is 4.79 Å².